The molecule has 0 bridgehead atoms. The lowest BCUT2D eigenvalue weighted by molar-refractivity contribution is -0.173. The van der Waals surface area contributed by atoms with Gasteiger partial charge in [-0.3, -0.25) is 9.63 Å². The molecule has 0 N–H and O–H groups in total. The molecule has 134 valence electrons. The molecule has 3 nitrogen and oxygen atoms in total. The summed E-state index contributed by atoms with van der Waals surface area (Å²) >= 11 is 0. The fourth-order valence-electron chi connectivity index (χ4n) is 3.93. The van der Waals surface area contributed by atoms with E-state index in [1.165, 1.54) is 62.7 Å². The van der Waals surface area contributed by atoms with Crippen LogP contribution in [0.25, 0.3) is 0 Å². The monoisotopic (exact) mass is 323 g/mol. The number of allylic oxidation sites excluding steroid dienone is 1. The fraction of sp³-hybridized carbons (Fsp3) is 0.850. The molecule has 23 heavy (non-hydrogen) atoms. The highest BCUT2D eigenvalue weighted by Crippen LogP contribution is 2.40. The lowest BCUT2D eigenvalue weighted by atomic mass is 9.88. The highest BCUT2D eigenvalue weighted by Gasteiger charge is 2.28. The molecule has 0 saturated heterocycles. The van der Waals surface area contributed by atoms with Gasteiger partial charge in [-0.2, -0.15) is 0 Å². The second kappa shape index (κ2) is 10.1. The van der Waals surface area contributed by atoms with Crippen molar-refractivity contribution in [3.05, 3.63) is 12.2 Å². The Bertz CT molecular complexity index is 380. The molecule has 1 saturated carbocycles. The first-order valence-corrected chi connectivity index (χ1v) is 9.38. The van der Waals surface area contributed by atoms with Crippen LogP contribution in [0, 0.1) is 23.7 Å². The minimum absolute atomic E-state index is 0.0269. The summed E-state index contributed by atoms with van der Waals surface area (Å²) in [6, 6.07) is 0. The Labute approximate surface area is 143 Å². The summed E-state index contributed by atoms with van der Waals surface area (Å²) in [7, 11) is 3.22. The SMILES string of the molecule is C=C1C[C@H](CCCC)CC1CCC(C)CC(C)C(=O)N(C)OC. The summed E-state index contributed by atoms with van der Waals surface area (Å²) in [4.78, 5) is 17.0. The smallest absolute Gasteiger partial charge is 0.248 e. The third kappa shape index (κ3) is 6.66. The molecule has 0 aromatic rings. The van der Waals surface area contributed by atoms with E-state index in [1.807, 2.05) is 6.92 Å². The van der Waals surface area contributed by atoms with E-state index in [-0.39, 0.29) is 11.8 Å². The topological polar surface area (TPSA) is 29.5 Å². The number of carbonyl (C=O) groups is 1. The first-order valence-electron chi connectivity index (χ1n) is 9.38. The molecule has 0 spiro atoms. The van der Waals surface area contributed by atoms with Crippen LogP contribution >= 0.6 is 0 Å². The third-order valence-corrected chi connectivity index (χ3v) is 5.48. The quantitative estimate of drug-likeness (QED) is 0.407. The number of hydrogen-bond acceptors (Lipinski definition) is 2. The van der Waals surface area contributed by atoms with E-state index in [0.717, 1.165) is 12.3 Å². The van der Waals surface area contributed by atoms with Crippen LogP contribution in [0.4, 0.5) is 0 Å². The molecule has 0 aromatic heterocycles. The van der Waals surface area contributed by atoms with Crippen molar-refractivity contribution >= 4 is 5.91 Å². The van der Waals surface area contributed by atoms with E-state index in [9.17, 15) is 4.79 Å². The number of unbranched alkanes of at least 4 members (excludes halogenated alkanes) is 1. The molecule has 0 radical (unpaired) electrons. The molecular formula is C20H37NO2. The summed E-state index contributed by atoms with van der Waals surface area (Å²) in [6.45, 7) is 10.9. The van der Waals surface area contributed by atoms with Crippen LogP contribution in [-0.4, -0.2) is 25.1 Å². The maximum Gasteiger partial charge on any atom is 0.248 e. The Morgan fingerprint density at radius 3 is 2.70 bits per heavy atom. The van der Waals surface area contributed by atoms with Gasteiger partial charge in [0.05, 0.1) is 7.11 Å². The van der Waals surface area contributed by atoms with Gasteiger partial charge in [0.25, 0.3) is 0 Å². The average molecular weight is 324 g/mol. The van der Waals surface area contributed by atoms with Crippen molar-refractivity contribution in [3.63, 3.8) is 0 Å². The molecule has 3 heteroatoms. The molecule has 1 aliphatic rings. The first-order chi connectivity index (χ1) is 10.9. The van der Waals surface area contributed by atoms with Crippen molar-refractivity contribution in [3.8, 4) is 0 Å². The van der Waals surface area contributed by atoms with Crippen LogP contribution in [0.3, 0.4) is 0 Å². The van der Waals surface area contributed by atoms with Crippen molar-refractivity contribution in [2.45, 2.75) is 72.1 Å². The van der Waals surface area contributed by atoms with Crippen molar-refractivity contribution in [1.29, 1.82) is 0 Å². The van der Waals surface area contributed by atoms with Crippen LogP contribution in [0.2, 0.25) is 0 Å². The number of nitrogens with zero attached hydrogens (tertiary/aromatic N) is 1. The molecule has 0 aromatic carbocycles. The molecular weight excluding hydrogens is 286 g/mol. The van der Waals surface area contributed by atoms with Gasteiger partial charge in [0.15, 0.2) is 0 Å². The molecule has 1 fully saturated rings. The number of carbonyl (C=O) groups excluding carboxylic acids is 1. The van der Waals surface area contributed by atoms with Crippen LogP contribution in [0.15, 0.2) is 12.2 Å². The van der Waals surface area contributed by atoms with Crippen molar-refractivity contribution in [2.75, 3.05) is 14.2 Å². The summed E-state index contributed by atoms with van der Waals surface area (Å²) in [5.41, 5.74) is 1.47. The Morgan fingerprint density at radius 2 is 2.09 bits per heavy atom. The van der Waals surface area contributed by atoms with Gasteiger partial charge in [0.1, 0.15) is 0 Å². The van der Waals surface area contributed by atoms with E-state index in [0.29, 0.717) is 11.8 Å². The molecule has 0 aliphatic heterocycles. The maximum atomic E-state index is 12.1. The van der Waals surface area contributed by atoms with Gasteiger partial charge in [-0.15, -0.1) is 0 Å². The third-order valence-electron chi connectivity index (χ3n) is 5.48. The zero-order chi connectivity index (χ0) is 17.4. The Morgan fingerprint density at radius 1 is 1.39 bits per heavy atom. The lowest BCUT2D eigenvalue weighted by Crippen LogP contribution is -2.31. The molecule has 3 unspecified atom stereocenters. The van der Waals surface area contributed by atoms with Gasteiger partial charge in [0, 0.05) is 13.0 Å². The minimum atomic E-state index is 0.0269. The normalized spacial score (nSPS) is 23.8. The van der Waals surface area contributed by atoms with Crippen molar-refractivity contribution in [1.82, 2.24) is 5.06 Å². The van der Waals surface area contributed by atoms with Crippen LogP contribution in [0.1, 0.15) is 72.1 Å². The van der Waals surface area contributed by atoms with Gasteiger partial charge >= 0.3 is 0 Å². The number of amides is 1. The second-order valence-corrected chi connectivity index (χ2v) is 7.64. The predicted molar refractivity (Wildman–Crippen MR) is 96.8 cm³/mol. The van der Waals surface area contributed by atoms with E-state index in [2.05, 4.69) is 20.4 Å². The molecule has 1 amide bonds. The largest absolute Gasteiger partial charge is 0.275 e. The van der Waals surface area contributed by atoms with Crippen molar-refractivity contribution < 1.29 is 9.63 Å². The summed E-state index contributed by atoms with van der Waals surface area (Å²) < 4.78 is 0. The number of hydrogen-bond donors (Lipinski definition) is 0. The lowest BCUT2D eigenvalue weighted by Gasteiger charge is -2.22. The highest BCUT2D eigenvalue weighted by molar-refractivity contribution is 5.77. The van der Waals surface area contributed by atoms with Gasteiger partial charge in [-0.1, -0.05) is 58.6 Å². The Balaban J connectivity index is 2.31. The second-order valence-electron chi connectivity index (χ2n) is 7.64. The number of rotatable bonds is 10. The zero-order valence-corrected chi connectivity index (χ0v) is 15.9. The zero-order valence-electron chi connectivity index (χ0n) is 15.9. The fourth-order valence-corrected chi connectivity index (χ4v) is 3.93. The number of hydroxylamine groups is 2. The summed E-state index contributed by atoms with van der Waals surface area (Å²) in [5, 5.41) is 1.34. The Kier molecular flexibility index (Phi) is 8.90. The minimum Gasteiger partial charge on any atom is -0.275 e. The van der Waals surface area contributed by atoms with E-state index in [1.54, 1.807) is 7.05 Å². The van der Waals surface area contributed by atoms with Crippen molar-refractivity contribution in [2.24, 2.45) is 23.7 Å². The summed E-state index contributed by atoms with van der Waals surface area (Å²) in [6.07, 6.45) is 9.98. The van der Waals surface area contributed by atoms with Gasteiger partial charge < -0.3 is 0 Å². The Hall–Kier alpha value is -0.830. The van der Waals surface area contributed by atoms with Crippen LogP contribution in [-0.2, 0) is 9.63 Å². The van der Waals surface area contributed by atoms with Gasteiger partial charge in [-0.25, -0.2) is 5.06 Å². The van der Waals surface area contributed by atoms with Crippen LogP contribution in [0.5, 0.6) is 0 Å². The highest BCUT2D eigenvalue weighted by atomic mass is 16.7. The van der Waals surface area contributed by atoms with E-state index in [4.69, 9.17) is 4.84 Å². The average Bonchev–Trinajstić information content (AvgIpc) is 2.89. The molecule has 1 aliphatic carbocycles. The maximum absolute atomic E-state index is 12.1. The van der Waals surface area contributed by atoms with Crippen LogP contribution < -0.4 is 0 Å². The first kappa shape index (κ1) is 20.2. The van der Waals surface area contributed by atoms with E-state index >= 15 is 0 Å². The standard InChI is InChI=1S/C20H37NO2/c1-7-8-9-18-13-16(3)19(14-18)11-10-15(2)12-17(4)20(22)21(5)23-6/h15,17-19H,3,7-14H2,1-2,4-6H3/t15?,17?,18-,19?/m0/s1. The molecule has 4 atom stereocenters. The van der Waals surface area contributed by atoms with Gasteiger partial charge in [-0.05, 0) is 43.4 Å². The predicted octanol–water partition coefficient (Wildman–Crippen LogP) is 5.22. The summed E-state index contributed by atoms with van der Waals surface area (Å²) in [5.74, 6) is 2.26. The van der Waals surface area contributed by atoms with Gasteiger partial charge in [0.2, 0.25) is 5.91 Å². The molecule has 0 heterocycles. The van der Waals surface area contributed by atoms with E-state index < -0.39 is 0 Å². The molecule has 1 rings (SSSR count).